The molecule has 0 bridgehead atoms. The number of carbonyl (C=O) groups is 1. The van der Waals surface area contributed by atoms with Gasteiger partial charge in [0.15, 0.2) is 5.16 Å². The molecular weight excluding hydrogens is 286 g/mol. The Kier molecular flexibility index (Phi) is 4.67. The van der Waals surface area contributed by atoms with Gasteiger partial charge in [-0.2, -0.15) is 0 Å². The van der Waals surface area contributed by atoms with Gasteiger partial charge in [-0.3, -0.25) is 9.36 Å². The van der Waals surface area contributed by atoms with Crippen LogP contribution in [-0.4, -0.2) is 31.6 Å². The minimum Gasteiger partial charge on any atom is -0.481 e. The van der Waals surface area contributed by atoms with Gasteiger partial charge in [0.2, 0.25) is 0 Å². The number of benzene rings is 1. The summed E-state index contributed by atoms with van der Waals surface area (Å²) in [6.45, 7) is 8.20. The van der Waals surface area contributed by atoms with E-state index in [9.17, 15) is 4.79 Å². The Labute approximate surface area is 128 Å². The largest absolute Gasteiger partial charge is 0.481 e. The third kappa shape index (κ3) is 3.26. The lowest BCUT2D eigenvalue weighted by atomic mass is 10.0. The Hall–Kier alpha value is -1.82. The van der Waals surface area contributed by atoms with Crippen LogP contribution in [0.4, 0.5) is 0 Å². The summed E-state index contributed by atoms with van der Waals surface area (Å²) in [7, 11) is 0. The van der Waals surface area contributed by atoms with E-state index in [1.807, 2.05) is 11.5 Å². The van der Waals surface area contributed by atoms with Crippen LogP contribution in [0.5, 0.6) is 0 Å². The minimum absolute atomic E-state index is 0.0220. The molecule has 0 atom stereocenters. The summed E-state index contributed by atoms with van der Waals surface area (Å²) >= 11 is 1.20. The zero-order valence-electron chi connectivity index (χ0n) is 12.7. The summed E-state index contributed by atoms with van der Waals surface area (Å²) < 4.78 is 1.98. The molecule has 2 rings (SSSR count). The van der Waals surface area contributed by atoms with Gasteiger partial charge in [0.1, 0.15) is 5.82 Å². The van der Waals surface area contributed by atoms with E-state index in [0.717, 1.165) is 29.1 Å². The predicted octanol–water partition coefficient (Wildman–Crippen LogP) is 2.93. The smallest absolute Gasteiger partial charge is 0.313 e. The molecule has 0 saturated carbocycles. The molecule has 0 radical (unpaired) electrons. The highest BCUT2D eigenvalue weighted by molar-refractivity contribution is 7.99. The van der Waals surface area contributed by atoms with Gasteiger partial charge < -0.3 is 5.11 Å². The first-order valence-corrected chi connectivity index (χ1v) is 7.79. The van der Waals surface area contributed by atoms with Gasteiger partial charge in [0, 0.05) is 6.42 Å². The number of aliphatic carboxylic acids is 1. The summed E-state index contributed by atoms with van der Waals surface area (Å²) in [5.41, 5.74) is 4.54. The zero-order chi connectivity index (χ0) is 15.6. The van der Waals surface area contributed by atoms with Crippen molar-refractivity contribution in [2.45, 2.75) is 39.3 Å². The van der Waals surface area contributed by atoms with E-state index in [0.29, 0.717) is 5.16 Å². The first-order valence-electron chi connectivity index (χ1n) is 6.81. The van der Waals surface area contributed by atoms with Crippen molar-refractivity contribution < 1.29 is 9.90 Å². The summed E-state index contributed by atoms with van der Waals surface area (Å²) in [6.07, 6.45) is 0.743. The first kappa shape index (κ1) is 15.6. The second-order valence-electron chi connectivity index (χ2n) is 5.02. The highest BCUT2D eigenvalue weighted by atomic mass is 32.2. The Morgan fingerprint density at radius 3 is 2.38 bits per heavy atom. The third-order valence-corrected chi connectivity index (χ3v) is 4.11. The molecule has 0 amide bonds. The van der Waals surface area contributed by atoms with Crippen LogP contribution in [0, 0.1) is 20.8 Å². The van der Waals surface area contributed by atoms with Crippen molar-refractivity contribution in [3.63, 3.8) is 0 Å². The van der Waals surface area contributed by atoms with Crippen molar-refractivity contribution in [3.05, 3.63) is 34.6 Å². The van der Waals surface area contributed by atoms with Crippen molar-refractivity contribution in [3.8, 4) is 5.69 Å². The van der Waals surface area contributed by atoms with Crippen LogP contribution in [0.3, 0.4) is 0 Å². The van der Waals surface area contributed by atoms with E-state index in [1.54, 1.807) is 0 Å². The van der Waals surface area contributed by atoms with Crippen LogP contribution in [0.15, 0.2) is 17.3 Å². The monoisotopic (exact) mass is 305 g/mol. The van der Waals surface area contributed by atoms with E-state index in [4.69, 9.17) is 5.11 Å². The average Bonchev–Trinajstić information content (AvgIpc) is 2.78. The molecule has 0 aliphatic heterocycles. The van der Waals surface area contributed by atoms with Gasteiger partial charge in [-0.25, -0.2) is 0 Å². The van der Waals surface area contributed by atoms with Crippen molar-refractivity contribution in [1.82, 2.24) is 14.8 Å². The summed E-state index contributed by atoms with van der Waals surface area (Å²) in [5.74, 6) is -0.0332. The Morgan fingerprint density at radius 1 is 1.24 bits per heavy atom. The van der Waals surface area contributed by atoms with Gasteiger partial charge in [-0.1, -0.05) is 36.4 Å². The maximum atomic E-state index is 10.8. The summed E-state index contributed by atoms with van der Waals surface area (Å²) in [6, 6.07) is 4.24. The molecule has 1 aromatic heterocycles. The fraction of sp³-hybridized carbons (Fsp3) is 0.400. The molecule has 0 saturated heterocycles. The quantitative estimate of drug-likeness (QED) is 0.860. The van der Waals surface area contributed by atoms with E-state index in [-0.39, 0.29) is 5.75 Å². The maximum absolute atomic E-state index is 10.8. The standard InChI is InChI=1S/C15H19N3O2S/c1-5-12-16-17-15(21-8-13(19)20)18(12)14-10(3)6-9(2)7-11(14)4/h6-7H,5,8H2,1-4H3,(H,19,20). The van der Waals surface area contributed by atoms with E-state index < -0.39 is 5.97 Å². The average molecular weight is 305 g/mol. The number of aryl methyl sites for hydroxylation is 4. The van der Waals surface area contributed by atoms with E-state index in [2.05, 4.69) is 43.1 Å². The molecule has 0 unspecified atom stereocenters. The lowest BCUT2D eigenvalue weighted by Gasteiger charge is -2.15. The van der Waals surface area contributed by atoms with Crippen LogP contribution in [-0.2, 0) is 11.2 Å². The zero-order valence-corrected chi connectivity index (χ0v) is 13.5. The van der Waals surface area contributed by atoms with Crippen molar-refractivity contribution in [2.75, 3.05) is 5.75 Å². The normalized spacial score (nSPS) is 10.9. The van der Waals surface area contributed by atoms with Crippen LogP contribution < -0.4 is 0 Å². The van der Waals surface area contributed by atoms with Crippen LogP contribution >= 0.6 is 11.8 Å². The fourth-order valence-electron chi connectivity index (χ4n) is 2.50. The van der Waals surface area contributed by atoms with Crippen molar-refractivity contribution >= 4 is 17.7 Å². The number of rotatable bonds is 5. The first-order chi connectivity index (χ1) is 9.93. The molecule has 1 aromatic carbocycles. The molecule has 5 nitrogen and oxygen atoms in total. The molecule has 0 aliphatic rings. The Bertz CT molecular complexity index is 657. The van der Waals surface area contributed by atoms with Gasteiger partial charge in [-0.15, -0.1) is 10.2 Å². The highest BCUT2D eigenvalue weighted by Crippen LogP contribution is 2.27. The molecule has 0 aliphatic carbocycles. The van der Waals surface area contributed by atoms with Crippen molar-refractivity contribution in [1.29, 1.82) is 0 Å². The van der Waals surface area contributed by atoms with Gasteiger partial charge in [0.05, 0.1) is 11.4 Å². The number of aromatic nitrogens is 3. The van der Waals surface area contributed by atoms with E-state index >= 15 is 0 Å². The lowest BCUT2D eigenvalue weighted by Crippen LogP contribution is -2.08. The molecule has 1 heterocycles. The molecule has 1 N–H and O–H groups in total. The third-order valence-electron chi connectivity index (χ3n) is 3.20. The topological polar surface area (TPSA) is 68.0 Å². The lowest BCUT2D eigenvalue weighted by molar-refractivity contribution is -0.133. The van der Waals surface area contributed by atoms with Crippen LogP contribution in [0.25, 0.3) is 5.69 Å². The summed E-state index contributed by atoms with van der Waals surface area (Å²) in [5, 5.41) is 17.8. The molecular formula is C15H19N3O2S. The second kappa shape index (κ2) is 6.30. The molecule has 21 heavy (non-hydrogen) atoms. The van der Waals surface area contributed by atoms with Crippen LogP contribution in [0.2, 0.25) is 0 Å². The van der Waals surface area contributed by atoms with Gasteiger partial charge >= 0.3 is 5.97 Å². The molecule has 112 valence electrons. The minimum atomic E-state index is -0.857. The SMILES string of the molecule is CCc1nnc(SCC(=O)O)n1-c1c(C)cc(C)cc1C. The molecule has 6 heteroatoms. The predicted molar refractivity (Wildman–Crippen MR) is 83.3 cm³/mol. The summed E-state index contributed by atoms with van der Waals surface area (Å²) in [4.78, 5) is 10.8. The molecule has 0 fully saturated rings. The van der Waals surface area contributed by atoms with Crippen LogP contribution in [0.1, 0.15) is 29.4 Å². The Balaban J connectivity index is 2.56. The highest BCUT2D eigenvalue weighted by Gasteiger charge is 2.17. The number of thioether (sulfide) groups is 1. The van der Waals surface area contributed by atoms with Gasteiger partial charge in [0.25, 0.3) is 0 Å². The number of carboxylic acids is 1. The van der Waals surface area contributed by atoms with Gasteiger partial charge in [-0.05, 0) is 31.9 Å². The number of nitrogens with zero attached hydrogens (tertiary/aromatic N) is 3. The molecule has 2 aromatic rings. The number of carboxylic acid groups (broad SMARTS) is 1. The van der Waals surface area contributed by atoms with Crippen molar-refractivity contribution in [2.24, 2.45) is 0 Å². The van der Waals surface area contributed by atoms with E-state index in [1.165, 1.54) is 17.3 Å². The molecule has 0 spiro atoms. The maximum Gasteiger partial charge on any atom is 0.313 e. The Morgan fingerprint density at radius 2 is 1.86 bits per heavy atom. The fourth-order valence-corrected chi connectivity index (χ4v) is 3.18. The number of hydrogen-bond donors (Lipinski definition) is 1. The second-order valence-corrected chi connectivity index (χ2v) is 5.96. The number of hydrogen-bond acceptors (Lipinski definition) is 4.